The van der Waals surface area contributed by atoms with Crippen LogP contribution in [0, 0.1) is 0 Å². The third-order valence-corrected chi connectivity index (χ3v) is 4.96. The van der Waals surface area contributed by atoms with Gasteiger partial charge in [0.05, 0.1) is 17.5 Å². The topological polar surface area (TPSA) is 53.5 Å². The molecule has 1 aromatic heterocycles. The summed E-state index contributed by atoms with van der Waals surface area (Å²) < 4.78 is 24.6. The van der Waals surface area contributed by atoms with Crippen LogP contribution in [-0.4, -0.2) is 50.1 Å². The molecule has 106 valence electrons. The van der Waals surface area contributed by atoms with Gasteiger partial charge in [0.15, 0.2) is 0 Å². The van der Waals surface area contributed by atoms with Gasteiger partial charge in [-0.3, -0.25) is 4.98 Å². The Kier molecular flexibility index (Phi) is 3.35. The smallest absolute Gasteiger partial charge is 0.211 e. The molecule has 20 heavy (non-hydrogen) atoms. The zero-order valence-electron chi connectivity index (χ0n) is 11.4. The van der Waals surface area contributed by atoms with Gasteiger partial charge in [0.1, 0.15) is 0 Å². The zero-order chi connectivity index (χ0) is 14.2. The Morgan fingerprint density at radius 1 is 1.05 bits per heavy atom. The molecule has 1 fully saturated rings. The molecule has 0 bridgehead atoms. The van der Waals surface area contributed by atoms with E-state index in [4.69, 9.17) is 0 Å². The van der Waals surface area contributed by atoms with E-state index in [0.29, 0.717) is 26.2 Å². The van der Waals surface area contributed by atoms with E-state index in [1.165, 1.54) is 10.6 Å². The molecule has 1 aliphatic heterocycles. The van der Waals surface area contributed by atoms with E-state index in [9.17, 15) is 8.42 Å². The van der Waals surface area contributed by atoms with Gasteiger partial charge in [0.2, 0.25) is 10.0 Å². The summed E-state index contributed by atoms with van der Waals surface area (Å²) >= 11 is 0. The van der Waals surface area contributed by atoms with Crippen LogP contribution in [0.15, 0.2) is 36.5 Å². The maximum Gasteiger partial charge on any atom is 0.211 e. The number of nitrogens with zero attached hydrogens (tertiary/aromatic N) is 3. The lowest BCUT2D eigenvalue weighted by Gasteiger charge is -2.35. The molecule has 0 aliphatic carbocycles. The van der Waals surface area contributed by atoms with Gasteiger partial charge in [-0.15, -0.1) is 0 Å². The number of benzene rings is 1. The first-order chi connectivity index (χ1) is 9.55. The zero-order valence-corrected chi connectivity index (χ0v) is 12.2. The van der Waals surface area contributed by atoms with Crippen LogP contribution in [0.2, 0.25) is 0 Å². The molecule has 2 aromatic rings. The highest BCUT2D eigenvalue weighted by Crippen LogP contribution is 2.25. The van der Waals surface area contributed by atoms with Crippen molar-refractivity contribution in [2.45, 2.75) is 0 Å². The summed E-state index contributed by atoms with van der Waals surface area (Å²) in [5.41, 5.74) is 2.05. The quantitative estimate of drug-likeness (QED) is 0.837. The second-order valence-electron chi connectivity index (χ2n) is 5.00. The van der Waals surface area contributed by atoms with E-state index < -0.39 is 10.0 Å². The number of fused-ring (bicyclic) bond motifs is 1. The Morgan fingerprint density at radius 2 is 1.75 bits per heavy atom. The fourth-order valence-electron chi connectivity index (χ4n) is 2.60. The van der Waals surface area contributed by atoms with E-state index in [1.807, 2.05) is 30.3 Å². The van der Waals surface area contributed by atoms with Crippen LogP contribution in [0.1, 0.15) is 0 Å². The Morgan fingerprint density at radius 3 is 2.45 bits per heavy atom. The van der Waals surface area contributed by atoms with Crippen LogP contribution in [0.3, 0.4) is 0 Å². The first-order valence-corrected chi connectivity index (χ1v) is 8.44. The van der Waals surface area contributed by atoms with E-state index in [-0.39, 0.29) is 0 Å². The van der Waals surface area contributed by atoms with Gasteiger partial charge >= 0.3 is 0 Å². The monoisotopic (exact) mass is 291 g/mol. The predicted molar refractivity (Wildman–Crippen MR) is 80.4 cm³/mol. The lowest BCUT2D eigenvalue weighted by Crippen LogP contribution is -2.48. The van der Waals surface area contributed by atoms with Crippen molar-refractivity contribution in [3.63, 3.8) is 0 Å². The van der Waals surface area contributed by atoms with Crippen LogP contribution in [0.4, 0.5) is 5.69 Å². The molecule has 1 aliphatic rings. The third kappa shape index (κ3) is 2.48. The highest BCUT2D eigenvalue weighted by atomic mass is 32.2. The first-order valence-electron chi connectivity index (χ1n) is 6.59. The van der Waals surface area contributed by atoms with Crippen molar-refractivity contribution < 1.29 is 8.42 Å². The molecule has 1 aromatic carbocycles. The van der Waals surface area contributed by atoms with Gasteiger partial charge in [0, 0.05) is 37.8 Å². The van der Waals surface area contributed by atoms with Gasteiger partial charge < -0.3 is 4.90 Å². The van der Waals surface area contributed by atoms with E-state index in [0.717, 1.165) is 16.6 Å². The summed E-state index contributed by atoms with van der Waals surface area (Å²) in [6.45, 7) is 2.45. The minimum absolute atomic E-state index is 0.530. The third-order valence-electron chi connectivity index (χ3n) is 3.66. The van der Waals surface area contributed by atoms with Crippen molar-refractivity contribution in [3.05, 3.63) is 36.5 Å². The summed E-state index contributed by atoms with van der Waals surface area (Å²) in [5, 5.41) is 1.11. The van der Waals surface area contributed by atoms with E-state index >= 15 is 0 Å². The second kappa shape index (κ2) is 5.03. The predicted octanol–water partition coefficient (Wildman–Crippen LogP) is 1.32. The molecule has 0 spiro atoms. The summed E-state index contributed by atoms with van der Waals surface area (Å²) in [5.74, 6) is 0. The van der Waals surface area contributed by atoms with Crippen LogP contribution in [-0.2, 0) is 10.0 Å². The second-order valence-corrected chi connectivity index (χ2v) is 6.98. The Labute approximate surface area is 118 Å². The number of para-hydroxylation sites is 1. The van der Waals surface area contributed by atoms with Crippen molar-refractivity contribution in [2.24, 2.45) is 0 Å². The molecule has 0 amide bonds. The van der Waals surface area contributed by atoms with Crippen molar-refractivity contribution in [1.82, 2.24) is 9.29 Å². The van der Waals surface area contributed by atoms with Crippen molar-refractivity contribution >= 4 is 26.6 Å². The molecule has 0 radical (unpaired) electrons. The number of hydrogen-bond donors (Lipinski definition) is 0. The maximum absolute atomic E-state index is 11.5. The fraction of sp³-hybridized carbons (Fsp3) is 0.357. The molecule has 0 saturated carbocycles. The van der Waals surface area contributed by atoms with Gasteiger partial charge in [-0.2, -0.15) is 4.31 Å². The highest BCUT2D eigenvalue weighted by Gasteiger charge is 2.24. The van der Waals surface area contributed by atoms with Gasteiger partial charge in [0.25, 0.3) is 0 Å². The molecule has 2 heterocycles. The normalized spacial score (nSPS) is 17.6. The first kappa shape index (κ1) is 13.3. The van der Waals surface area contributed by atoms with E-state index in [2.05, 4.69) is 9.88 Å². The molecular formula is C14H17N3O2S. The number of anilines is 1. The summed E-state index contributed by atoms with van der Waals surface area (Å²) in [6.07, 6.45) is 3.06. The molecular weight excluding hydrogens is 274 g/mol. The Balaban J connectivity index is 1.87. The molecule has 6 heteroatoms. The van der Waals surface area contributed by atoms with E-state index in [1.54, 1.807) is 6.20 Å². The number of aromatic nitrogens is 1. The summed E-state index contributed by atoms with van der Waals surface area (Å²) in [7, 11) is -3.08. The lowest BCUT2D eigenvalue weighted by molar-refractivity contribution is 0.388. The minimum Gasteiger partial charge on any atom is -0.367 e. The number of rotatable bonds is 2. The van der Waals surface area contributed by atoms with Crippen molar-refractivity contribution in [3.8, 4) is 0 Å². The number of hydrogen-bond acceptors (Lipinski definition) is 4. The molecule has 0 N–H and O–H groups in total. The lowest BCUT2D eigenvalue weighted by atomic mass is 10.1. The fourth-order valence-corrected chi connectivity index (χ4v) is 3.43. The standard InChI is InChI=1S/C14H17N3O2S/c1-20(18,19)17-10-8-16(9-11-17)13-6-2-4-12-5-3-7-15-14(12)13/h2-7H,8-11H2,1H3. The Hall–Kier alpha value is -1.66. The summed E-state index contributed by atoms with van der Waals surface area (Å²) in [6, 6.07) is 10.1. The Bertz CT molecular complexity index is 717. The minimum atomic E-state index is -3.08. The van der Waals surface area contributed by atoms with Crippen molar-refractivity contribution in [2.75, 3.05) is 37.3 Å². The average molecular weight is 291 g/mol. The highest BCUT2D eigenvalue weighted by molar-refractivity contribution is 7.88. The maximum atomic E-state index is 11.5. The van der Waals surface area contributed by atoms with Gasteiger partial charge in [-0.25, -0.2) is 8.42 Å². The van der Waals surface area contributed by atoms with Crippen LogP contribution in [0.25, 0.3) is 10.9 Å². The average Bonchev–Trinajstić information content (AvgIpc) is 2.46. The molecule has 3 rings (SSSR count). The van der Waals surface area contributed by atoms with Crippen LogP contribution in [0.5, 0.6) is 0 Å². The van der Waals surface area contributed by atoms with Crippen molar-refractivity contribution in [1.29, 1.82) is 0 Å². The van der Waals surface area contributed by atoms with Crippen LogP contribution < -0.4 is 4.90 Å². The SMILES string of the molecule is CS(=O)(=O)N1CCN(c2cccc3cccnc23)CC1. The number of pyridine rings is 1. The molecule has 1 saturated heterocycles. The molecule has 0 atom stereocenters. The number of sulfonamides is 1. The van der Waals surface area contributed by atoms with Crippen LogP contribution >= 0.6 is 0 Å². The largest absolute Gasteiger partial charge is 0.367 e. The van der Waals surface area contributed by atoms with Gasteiger partial charge in [-0.05, 0) is 12.1 Å². The molecule has 5 nitrogen and oxygen atoms in total. The molecule has 0 unspecified atom stereocenters. The summed E-state index contributed by atoms with van der Waals surface area (Å²) in [4.78, 5) is 6.66. The van der Waals surface area contributed by atoms with Gasteiger partial charge in [-0.1, -0.05) is 18.2 Å². The number of piperazine rings is 1.